The van der Waals surface area contributed by atoms with E-state index < -0.39 is 5.79 Å². The Hall–Kier alpha value is -0.200. The molecule has 0 saturated carbocycles. The van der Waals surface area contributed by atoms with Crippen LogP contribution in [0, 0.1) is 0 Å². The van der Waals surface area contributed by atoms with Gasteiger partial charge in [0.2, 0.25) is 5.79 Å². The average molecular weight is 308 g/mol. The SMILES string of the molecule is CN1CCOC(O)(c2ncc(Br)cc2Cl)C1. The Labute approximate surface area is 107 Å². The fraction of sp³-hybridized carbons (Fsp3) is 0.500. The predicted octanol–water partition coefficient (Wildman–Crippen LogP) is 1.60. The molecule has 0 spiro atoms. The summed E-state index contributed by atoms with van der Waals surface area (Å²) in [5.41, 5.74) is 0.365. The first kappa shape index (κ1) is 12.3. The van der Waals surface area contributed by atoms with Gasteiger partial charge >= 0.3 is 0 Å². The minimum absolute atomic E-state index is 0.362. The van der Waals surface area contributed by atoms with Crippen molar-refractivity contribution >= 4 is 27.5 Å². The Balaban J connectivity index is 2.34. The van der Waals surface area contributed by atoms with Crippen molar-refractivity contribution in [3.63, 3.8) is 0 Å². The van der Waals surface area contributed by atoms with Crippen molar-refractivity contribution in [3.8, 4) is 0 Å². The van der Waals surface area contributed by atoms with E-state index in [1.807, 2.05) is 11.9 Å². The van der Waals surface area contributed by atoms with Gasteiger partial charge in [-0.1, -0.05) is 11.6 Å². The summed E-state index contributed by atoms with van der Waals surface area (Å²) in [5.74, 6) is -1.41. The van der Waals surface area contributed by atoms with Gasteiger partial charge in [-0.05, 0) is 29.0 Å². The summed E-state index contributed by atoms with van der Waals surface area (Å²) >= 11 is 9.32. The van der Waals surface area contributed by atoms with Gasteiger partial charge in [-0.3, -0.25) is 9.88 Å². The van der Waals surface area contributed by atoms with E-state index in [9.17, 15) is 5.11 Å². The van der Waals surface area contributed by atoms with Crippen molar-refractivity contribution in [2.45, 2.75) is 5.79 Å². The summed E-state index contributed by atoms with van der Waals surface area (Å²) < 4.78 is 6.17. The van der Waals surface area contributed by atoms with Crippen LogP contribution in [0.2, 0.25) is 5.02 Å². The van der Waals surface area contributed by atoms with Crippen LogP contribution in [0.1, 0.15) is 5.69 Å². The van der Waals surface area contributed by atoms with E-state index in [0.29, 0.717) is 23.9 Å². The van der Waals surface area contributed by atoms with Crippen molar-refractivity contribution < 1.29 is 9.84 Å². The lowest BCUT2D eigenvalue weighted by Crippen LogP contribution is -2.48. The summed E-state index contributed by atoms with van der Waals surface area (Å²) in [4.78, 5) is 6.10. The number of likely N-dealkylation sites (N-methyl/N-ethyl adjacent to an activating group) is 1. The minimum Gasteiger partial charge on any atom is -0.360 e. The molecule has 1 atom stereocenters. The average Bonchev–Trinajstić information content (AvgIpc) is 2.16. The molecule has 2 rings (SSSR count). The maximum Gasteiger partial charge on any atom is 0.224 e. The second-order valence-electron chi connectivity index (χ2n) is 3.85. The molecule has 1 aromatic rings. The molecule has 1 aromatic heterocycles. The van der Waals surface area contributed by atoms with Crippen LogP contribution >= 0.6 is 27.5 Å². The maximum absolute atomic E-state index is 10.4. The predicted molar refractivity (Wildman–Crippen MR) is 64.3 cm³/mol. The third-order valence-electron chi connectivity index (χ3n) is 2.48. The number of hydrogen-bond acceptors (Lipinski definition) is 4. The van der Waals surface area contributed by atoms with Crippen LogP contribution in [0.15, 0.2) is 16.7 Å². The summed E-state index contributed by atoms with van der Waals surface area (Å²) in [6.45, 7) is 1.61. The second-order valence-corrected chi connectivity index (χ2v) is 5.18. The quantitative estimate of drug-likeness (QED) is 0.856. The molecule has 16 heavy (non-hydrogen) atoms. The zero-order valence-electron chi connectivity index (χ0n) is 8.78. The molecule has 4 nitrogen and oxygen atoms in total. The molecular weight excluding hydrogens is 295 g/mol. The lowest BCUT2D eigenvalue weighted by atomic mass is 10.1. The van der Waals surface area contributed by atoms with Gasteiger partial charge in [-0.25, -0.2) is 0 Å². The number of hydrogen-bond donors (Lipinski definition) is 1. The Bertz CT molecular complexity index is 404. The number of pyridine rings is 1. The molecule has 1 N–H and O–H groups in total. The fourth-order valence-electron chi connectivity index (χ4n) is 1.71. The van der Waals surface area contributed by atoms with Crippen molar-refractivity contribution in [1.82, 2.24) is 9.88 Å². The van der Waals surface area contributed by atoms with Gasteiger partial charge in [0.1, 0.15) is 5.69 Å². The number of nitrogens with zero attached hydrogens (tertiary/aromatic N) is 2. The first-order valence-electron chi connectivity index (χ1n) is 4.88. The highest BCUT2D eigenvalue weighted by molar-refractivity contribution is 9.10. The molecular formula is C10H12BrClN2O2. The minimum atomic E-state index is -1.41. The Morgan fingerprint density at radius 3 is 3.06 bits per heavy atom. The van der Waals surface area contributed by atoms with E-state index in [-0.39, 0.29) is 0 Å². The van der Waals surface area contributed by atoms with Gasteiger partial charge in [0.25, 0.3) is 0 Å². The van der Waals surface area contributed by atoms with Crippen LogP contribution in [-0.2, 0) is 10.5 Å². The lowest BCUT2D eigenvalue weighted by molar-refractivity contribution is -0.247. The van der Waals surface area contributed by atoms with E-state index in [2.05, 4.69) is 20.9 Å². The smallest absolute Gasteiger partial charge is 0.224 e. The molecule has 1 unspecified atom stereocenters. The topological polar surface area (TPSA) is 45.6 Å². The maximum atomic E-state index is 10.4. The number of rotatable bonds is 1. The molecule has 1 aliphatic rings. The summed E-state index contributed by atoms with van der Waals surface area (Å²) in [6, 6.07) is 1.69. The monoisotopic (exact) mass is 306 g/mol. The standard InChI is InChI=1S/C10H12BrClN2O2/c1-14-2-3-16-10(15,6-14)9-8(12)4-7(11)5-13-9/h4-5,15H,2-3,6H2,1H3. The highest BCUT2D eigenvalue weighted by atomic mass is 79.9. The van der Waals surface area contributed by atoms with Crippen LogP contribution in [0.5, 0.6) is 0 Å². The van der Waals surface area contributed by atoms with E-state index in [4.69, 9.17) is 16.3 Å². The van der Waals surface area contributed by atoms with E-state index in [0.717, 1.165) is 11.0 Å². The van der Waals surface area contributed by atoms with Gasteiger partial charge in [0.05, 0.1) is 18.2 Å². The summed E-state index contributed by atoms with van der Waals surface area (Å²) in [5, 5.41) is 10.8. The molecule has 0 amide bonds. The Morgan fingerprint density at radius 1 is 1.69 bits per heavy atom. The third-order valence-corrected chi connectivity index (χ3v) is 3.20. The van der Waals surface area contributed by atoms with Crippen molar-refractivity contribution in [3.05, 3.63) is 27.5 Å². The number of β-amino-alcohol motifs (C(OH)–C–C–N with tert-alkyl or cyclic N) is 1. The highest BCUT2D eigenvalue weighted by Gasteiger charge is 2.38. The van der Waals surface area contributed by atoms with Crippen molar-refractivity contribution in [2.24, 2.45) is 0 Å². The number of ether oxygens (including phenoxy) is 1. The van der Waals surface area contributed by atoms with Gasteiger partial charge in [-0.2, -0.15) is 0 Å². The molecule has 6 heteroatoms. The number of halogens is 2. The summed E-state index contributed by atoms with van der Waals surface area (Å²) in [6.07, 6.45) is 1.59. The Morgan fingerprint density at radius 2 is 2.44 bits per heavy atom. The van der Waals surface area contributed by atoms with Crippen molar-refractivity contribution in [1.29, 1.82) is 0 Å². The van der Waals surface area contributed by atoms with Gasteiger partial charge in [0, 0.05) is 17.2 Å². The van der Waals surface area contributed by atoms with E-state index in [1.165, 1.54) is 0 Å². The molecule has 0 radical (unpaired) electrons. The molecule has 0 aliphatic carbocycles. The highest BCUT2D eigenvalue weighted by Crippen LogP contribution is 2.31. The molecule has 0 aromatic carbocycles. The first-order chi connectivity index (χ1) is 7.51. The second kappa shape index (κ2) is 4.58. The number of morpholine rings is 1. The van der Waals surface area contributed by atoms with Gasteiger partial charge < -0.3 is 9.84 Å². The molecule has 0 bridgehead atoms. The third kappa shape index (κ3) is 2.38. The molecule has 1 fully saturated rings. The van der Waals surface area contributed by atoms with E-state index >= 15 is 0 Å². The Kier molecular flexibility index (Phi) is 3.51. The van der Waals surface area contributed by atoms with Gasteiger partial charge in [0.15, 0.2) is 0 Å². The van der Waals surface area contributed by atoms with Crippen LogP contribution in [0.25, 0.3) is 0 Å². The largest absolute Gasteiger partial charge is 0.360 e. The molecule has 1 aliphatic heterocycles. The summed E-state index contributed by atoms with van der Waals surface area (Å²) in [7, 11) is 1.92. The van der Waals surface area contributed by atoms with Crippen LogP contribution in [0.4, 0.5) is 0 Å². The van der Waals surface area contributed by atoms with Crippen LogP contribution in [-0.4, -0.2) is 41.7 Å². The first-order valence-corrected chi connectivity index (χ1v) is 6.05. The molecule has 88 valence electrons. The fourth-order valence-corrected chi connectivity index (χ4v) is 2.48. The van der Waals surface area contributed by atoms with Crippen molar-refractivity contribution in [2.75, 3.05) is 26.7 Å². The van der Waals surface area contributed by atoms with Gasteiger partial charge in [-0.15, -0.1) is 0 Å². The molecule has 1 saturated heterocycles. The zero-order chi connectivity index (χ0) is 11.8. The van der Waals surface area contributed by atoms with Crippen LogP contribution in [0.3, 0.4) is 0 Å². The normalized spacial score (nSPS) is 27.0. The zero-order valence-corrected chi connectivity index (χ0v) is 11.1. The van der Waals surface area contributed by atoms with E-state index in [1.54, 1.807) is 12.3 Å². The molecule has 2 heterocycles. The van der Waals surface area contributed by atoms with Crippen LogP contribution < -0.4 is 0 Å². The lowest BCUT2D eigenvalue weighted by Gasteiger charge is -2.37. The number of aliphatic hydroxyl groups is 1. The number of aromatic nitrogens is 1.